The van der Waals surface area contributed by atoms with Gasteiger partial charge in [0.05, 0.1) is 18.3 Å². The minimum Gasteiger partial charge on any atom is -0.357 e. The summed E-state index contributed by atoms with van der Waals surface area (Å²) in [4.78, 5) is 18.7. The predicted molar refractivity (Wildman–Crippen MR) is 89.0 cm³/mol. The molecule has 1 fully saturated rings. The molecule has 0 saturated carbocycles. The van der Waals surface area contributed by atoms with Crippen molar-refractivity contribution in [1.82, 2.24) is 4.98 Å². The van der Waals surface area contributed by atoms with Gasteiger partial charge in [0.15, 0.2) is 0 Å². The molecule has 1 N–H and O–H groups in total. The molecule has 5 heteroatoms. The summed E-state index contributed by atoms with van der Waals surface area (Å²) < 4.78 is 12.8. The fraction of sp³-hybridized carbons (Fsp3) is 0.333. The van der Waals surface area contributed by atoms with Gasteiger partial charge >= 0.3 is 0 Å². The van der Waals surface area contributed by atoms with E-state index < -0.39 is 0 Å². The normalized spacial score (nSPS) is 14.6. The lowest BCUT2D eigenvalue weighted by Crippen LogP contribution is -2.30. The summed E-state index contributed by atoms with van der Waals surface area (Å²) in [6, 6.07) is 9.77. The average molecular weight is 313 g/mol. The van der Waals surface area contributed by atoms with Crippen LogP contribution in [0.1, 0.15) is 24.8 Å². The molecule has 0 unspecified atom stereocenters. The molecule has 1 aliphatic heterocycles. The number of amides is 1. The lowest BCUT2D eigenvalue weighted by molar-refractivity contribution is -0.115. The highest BCUT2D eigenvalue weighted by atomic mass is 19.1. The molecule has 0 radical (unpaired) electrons. The van der Waals surface area contributed by atoms with Gasteiger partial charge in [-0.1, -0.05) is 12.1 Å². The standard InChI is InChI=1S/C18H20FN3O/c19-15-6-4-14(5-7-15)12-18(23)21-16-8-9-17(20-13-16)22-10-2-1-3-11-22/h4-9,13H,1-3,10-12H2,(H,21,23). The van der Waals surface area contributed by atoms with Gasteiger partial charge < -0.3 is 10.2 Å². The van der Waals surface area contributed by atoms with E-state index >= 15 is 0 Å². The summed E-state index contributed by atoms with van der Waals surface area (Å²) in [5, 5.41) is 2.82. The number of nitrogens with one attached hydrogen (secondary N) is 1. The molecule has 0 aliphatic carbocycles. The Kier molecular flexibility index (Phi) is 4.86. The van der Waals surface area contributed by atoms with Crippen LogP contribution in [0.15, 0.2) is 42.6 Å². The molecule has 3 rings (SSSR count). The zero-order chi connectivity index (χ0) is 16.1. The third-order valence-electron chi connectivity index (χ3n) is 3.99. The largest absolute Gasteiger partial charge is 0.357 e. The summed E-state index contributed by atoms with van der Waals surface area (Å²) >= 11 is 0. The maximum atomic E-state index is 12.8. The second-order valence-electron chi connectivity index (χ2n) is 5.80. The molecular weight excluding hydrogens is 293 g/mol. The van der Waals surface area contributed by atoms with E-state index in [4.69, 9.17) is 0 Å². The summed E-state index contributed by atoms with van der Waals surface area (Å²) in [7, 11) is 0. The first-order valence-corrected chi connectivity index (χ1v) is 7.96. The molecular formula is C18H20FN3O. The van der Waals surface area contributed by atoms with Crippen LogP contribution in [0, 0.1) is 5.82 Å². The van der Waals surface area contributed by atoms with E-state index in [1.165, 1.54) is 31.4 Å². The Hall–Kier alpha value is -2.43. The van der Waals surface area contributed by atoms with Gasteiger partial charge in [0, 0.05) is 13.1 Å². The number of carbonyl (C=O) groups excluding carboxylic acids is 1. The Bertz CT molecular complexity index is 649. The molecule has 1 saturated heterocycles. The first-order chi connectivity index (χ1) is 11.2. The maximum absolute atomic E-state index is 12.8. The van der Waals surface area contributed by atoms with Crippen LogP contribution in [0.5, 0.6) is 0 Å². The molecule has 2 aromatic rings. The molecule has 1 aromatic carbocycles. The minimum atomic E-state index is -0.299. The van der Waals surface area contributed by atoms with E-state index in [-0.39, 0.29) is 18.1 Å². The van der Waals surface area contributed by atoms with Crippen molar-refractivity contribution in [3.8, 4) is 0 Å². The molecule has 23 heavy (non-hydrogen) atoms. The van der Waals surface area contributed by atoms with Crippen LogP contribution >= 0.6 is 0 Å². The number of anilines is 2. The minimum absolute atomic E-state index is 0.135. The fourth-order valence-corrected chi connectivity index (χ4v) is 2.76. The molecule has 120 valence electrons. The van der Waals surface area contributed by atoms with Crippen LogP contribution < -0.4 is 10.2 Å². The van der Waals surface area contributed by atoms with Crippen molar-refractivity contribution >= 4 is 17.4 Å². The highest BCUT2D eigenvalue weighted by molar-refractivity contribution is 5.92. The van der Waals surface area contributed by atoms with E-state index in [9.17, 15) is 9.18 Å². The van der Waals surface area contributed by atoms with Crippen LogP contribution in [-0.2, 0) is 11.2 Å². The Morgan fingerprint density at radius 3 is 2.48 bits per heavy atom. The van der Waals surface area contributed by atoms with Gasteiger partial charge in [-0.15, -0.1) is 0 Å². The zero-order valence-electron chi connectivity index (χ0n) is 13.0. The van der Waals surface area contributed by atoms with Crippen molar-refractivity contribution < 1.29 is 9.18 Å². The van der Waals surface area contributed by atoms with Gasteiger partial charge in [-0.2, -0.15) is 0 Å². The van der Waals surface area contributed by atoms with Gasteiger partial charge in [-0.25, -0.2) is 9.37 Å². The first-order valence-electron chi connectivity index (χ1n) is 7.96. The van der Waals surface area contributed by atoms with E-state index in [0.717, 1.165) is 24.5 Å². The van der Waals surface area contributed by atoms with Gasteiger partial charge in [0.1, 0.15) is 11.6 Å². The van der Waals surface area contributed by atoms with Gasteiger partial charge in [0.25, 0.3) is 0 Å². The number of hydrogen-bond acceptors (Lipinski definition) is 3. The van der Waals surface area contributed by atoms with E-state index in [0.29, 0.717) is 5.69 Å². The summed E-state index contributed by atoms with van der Waals surface area (Å²) in [5.74, 6) is 0.525. The lowest BCUT2D eigenvalue weighted by Gasteiger charge is -2.27. The Balaban J connectivity index is 1.57. The van der Waals surface area contributed by atoms with Crippen molar-refractivity contribution in [3.05, 3.63) is 54.0 Å². The topological polar surface area (TPSA) is 45.2 Å². The monoisotopic (exact) mass is 313 g/mol. The molecule has 2 heterocycles. The number of halogens is 1. The Morgan fingerprint density at radius 2 is 1.83 bits per heavy atom. The number of aromatic nitrogens is 1. The number of benzene rings is 1. The van der Waals surface area contributed by atoms with E-state index in [1.54, 1.807) is 18.3 Å². The van der Waals surface area contributed by atoms with Gasteiger partial charge in [-0.3, -0.25) is 4.79 Å². The van der Waals surface area contributed by atoms with Crippen molar-refractivity contribution in [3.63, 3.8) is 0 Å². The molecule has 0 spiro atoms. The highest BCUT2D eigenvalue weighted by Crippen LogP contribution is 2.19. The molecule has 0 bridgehead atoms. The average Bonchev–Trinajstić information content (AvgIpc) is 2.58. The van der Waals surface area contributed by atoms with Crippen LogP contribution in [0.25, 0.3) is 0 Å². The lowest BCUT2D eigenvalue weighted by atomic mass is 10.1. The van der Waals surface area contributed by atoms with Gasteiger partial charge in [-0.05, 0) is 49.1 Å². The van der Waals surface area contributed by atoms with Crippen molar-refractivity contribution in [2.45, 2.75) is 25.7 Å². The van der Waals surface area contributed by atoms with E-state index in [1.807, 2.05) is 12.1 Å². The number of rotatable bonds is 4. The van der Waals surface area contributed by atoms with Crippen LogP contribution in [0.3, 0.4) is 0 Å². The number of hydrogen-bond donors (Lipinski definition) is 1. The van der Waals surface area contributed by atoms with Crippen molar-refractivity contribution in [2.75, 3.05) is 23.3 Å². The number of pyridine rings is 1. The smallest absolute Gasteiger partial charge is 0.228 e. The van der Waals surface area contributed by atoms with Crippen LogP contribution in [0.4, 0.5) is 15.9 Å². The molecule has 1 aromatic heterocycles. The molecule has 1 aliphatic rings. The highest BCUT2D eigenvalue weighted by Gasteiger charge is 2.12. The summed E-state index contributed by atoms with van der Waals surface area (Å²) in [6.07, 6.45) is 5.60. The maximum Gasteiger partial charge on any atom is 0.228 e. The second kappa shape index (κ2) is 7.22. The molecule has 0 atom stereocenters. The fourth-order valence-electron chi connectivity index (χ4n) is 2.76. The van der Waals surface area contributed by atoms with Crippen LogP contribution in [-0.4, -0.2) is 24.0 Å². The van der Waals surface area contributed by atoms with Crippen LogP contribution in [0.2, 0.25) is 0 Å². The molecule has 1 amide bonds. The Morgan fingerprint density at radius 1 is 1.09 bits per heavy atom. The third-order valence-corrected chi connectivity index (χ3v) is 3.99. The van der Waals surface area contributed by atoms with Crippen molar-refractivity contribution in [1.29, 1.82) is 0 Å². The predicted octanol–water partition coefficient (Wildman–Crippen LogP) is 3.39. The number of nitrogens with zero attached hydrogens (tertiary/aromatic N) is 2. The molecule has 4 nitrogen and oxygen atoms in total. The SMILES string of the molecule is O=C(Cc1ccc(F)cc1)Nc1ccc(N2CCCCC2)nc1. The number of carbonyl (C=O) groups is 1. The first kappa shape index (κ1) is 15.5. The van der Waals surface area contributed by atoms with Crippen molar-refractivity contribution in [2.24, 2.45) is 0 Å². The number of piperidine rings is 1. The third kappa shape index (κ3) is 4.28. The zero-order valence-corrected chi connectivity index (χ0v) is 13.0. The summed E-state index contributed by atoms with van der Waals surface area (Å²) in [5.41, 5.74) is 1.46. The second-order valence-corrected chi connectivity index (χ2v) is 5.80. The Labute approximate surface area is 135 Å². The quantitative estimate of drug-likeness (QED) is 0.941. The van der Waals surface area contributed by atoms with E-state index in [2.05, 4.69) is 15.2 Å². The van der Waals surface area contributed by atoms with Gasteiger partial charge in [0.2, 0.25) is 5.91 Å². The summed E-state index contributed by atoms with van der Waals surface area (Å²) in [6.45, 7) is 2.09.